The van der Waals surface area contributed by atoms with Crippen molar-refractivity contribution < 1.29 is 19.1 Å². The second-order valence-corrected chi connectivity index (χ2v) is 4.08. The fraction of sp³-hybridized carbons (Fsp3) is 0.429. The summed E-state index contributed by atoms with van der Waals surface area (Å²) in [6.07, 6.45) is 0.265. The number of hydrogen-bond acceptors (Lipinski definition) is 5. The van der Waals surface area contributed by atoms with Crippen molar-refractivity contribution >= 4 is 23.3 Å². The van der Waals surface area contributed by atoms with E-state index in [1.165, 1.54) is 6.92 Å². The Kier molecular flexibility index (Phi) is 6.36. The molecule has 1 aromatic rings. The second-order valence-electron chi connectivity index (χ2n) is 4.08. The van der Waals surface area contributed by atoms with E-state index < -0.39 is 0 Å². The minimum absolute atomic E-state index is 0.146. The molecule has 0 aliphatic rings. The Bertz CT molecular complexity index is 474. The Morgan fingerprint density at radius 1 is 1.30 bits per heavy atom. The standard InChI is InChI=1S/C14H20N2O4/c1-4-20-14(18)7-8-15-12-9-11(16-10(2)17)5-6-13(12)19-3/h5-6,9,15H,4,7-8H2,1-3H3,(H,16,17). The van der Waals surface area contributed by atoms with Gasteiger partial charge >= 0.3 is 5.97 Å². The van der Waals surface area contributed by atoms with Gasteiger partial charge in [-0.1, -0.05) is 0 Å². The topological polar surface area (TPSA) is 76.7 Å². The van der Waals surface area contributed by atoms with Crippen LogP contribution in [0.5, 0.6) is 5.75 Å². The Labute approximate surface area is 118 Å². The van der Waals surface area contributed by atoms with E-state index >= 15 is 0 Å². The van der Waals surface area contributed by atoms with Crippen molar-refractivity contribution in [3.8, 4) is 5.75 Å². The van der Waals surface area contributed by atoms with Gasteiger partial charge in [0.2, 0.25) is 5.91 Å². The number of ether oxygens (including phenoxy) is 2. The first-order valence-corrected chi connectivity index (χ1v) is 6.42. The third kappa shape index (κ3) is 5.17. The molecule has 0 aliphatic heterocycles. The van der Waals surface area contributed by atoms with Crippen LogP contribution in [0.2, 0.25) is 0 Å². The van der Waals surface area contributed by atoms with Crippen LogP contribution >= 0.6 is 0 Å². The highest BCUT2D eigenvalue weighted by atomic mass is 16.5. The molecule has 0 radical (unpaired) electrons. The van der Waals surface area contributed by atoms with E-state index in [4.69, 9.17) is 9.47 Å². The van der Waals surface area contributed by atoms with Gasteiger partial charge in [-0.2, -0.15) is 0 Å². The van der Waals surface area contributed by atoms with Crippen LogP contribution in [0, 0.1) is 0 Å². The van der Waals surface area contributed by atoms with Gasteiger partial charge in [-0.25, -0.2) is 0 Å². The summed E-state index contributed by atoms with van der Waals surface area (Å²) in [5, 5.41) is 5.78. The predicted octanol–water partition coefficient (Wildman–Crippen LogP) is 2.02. The number of methoxy groups -OCH3 is 1. The van der Waals surface area contributed by atoms with Crippen molar-refractivity contribution in [1.82, 2.24) is 0 Å². The zero-order valence-electron chi connectivity index (χ0n) is 12.0. The van der Waals surface area contributed by atoms with Gasteiger partial charge in [0.05, 0.1) is 25.8 Å². The SMILES string of the molecule is CCOC(=O)CCNc1cc(NC(C)=O)ccc1OC. The smallest absolute Gasteiger partial charge is 0.307 e. The highest BCUT2D eigenvalue weighted by molar-refractivity contribution is 5.89. The van der Waals surface area contributed by atoms with Crippen LogP contribution in [0.4, 0.5) is 11.4 Å². The molecule has 0 saturated heterocycles. The molecule has 6 heteroatoms. The largest absolute Gasteiger partial charge is 0.495 e. The fourth-order valence-electron chi connectivity index (χ4n) is 1.66. The van der Waals surface area contributed by atoms with Gasteiger partial charge in [-0.05, 0) is 25.1 Å². The molecule has 0 aromatic heterocycles. The molecule has 0 unspecified atom stereocenters. The Balaban J connectivity index is 2.66. The van der Waals surface area contributed by atoms with Crippen molar-refractivity contribution in [2.75, 3.05) is 30.9 Å². The maximum absolute atomic E-state index is 11.2. The zero-order chi connectivity index (χ0) is 15.0. The minimum atomic E-state index is -0.253. The van der Waals surface area contributed by atoms with Gasteiger partial charge in [0, 0.05) is 19.2 Å². The van der Waals surface area contributed by atoms with Gasteiger partial charge in [0.1, 0.15) is 5.75 Å². The number of carbonyl (C=O) groups excluding carboxylic acids is 2. The van der Waals surface area contributed by atoms with Crippen molar-refractivity contribution in [2.24, 2.45) is 0 Å². The second kappa shape index (κ2) is 8.04. The summed E-state index contributed by atoms with van der Waals surface area (Å²) in [7, 11) is 1.56. The minimum Gasteiger partial charge on any atom is -0.495 e. The number of amides is 1. The molecule has 6 nitrogen and oxygen atoms in total. The van der Waals surface area contributed by atoms with Crippen molar-refractivity contribution in [3.63, 3.8) is 0 Å². The highest BCUT2D eigenvalue weighted by Crippen LogP contribution is 2.27. The third-order valence-electron chi connectivity index (χ3n) is 2.47. The lowest BCUT2D eigenvalue weighted by Gasteiger charge is -2.13. The number of anilines is 2. The molecule has 110 valence electrons. The van der Waals surface area contributed by atoms with Crippen LogP contribution in [-0.2, 0) is 14.3 Å². The van der Waals surface area contributed by atoms with E-state index in [0.29, 0.717) is 30.3 Å². The average Bonchev–Trinajstić information content (AvgIpc) is 2.38. The van der Waals surface area contributed by atoms with Crippen LogP contribution in [-0.4, -0.2) is 32.1 Å². The number of esters is 1. The van der Waals surface area contributed by atoms with Crippen LogP contribution in [0.15, 0.2) is 18.2 Å². The molecular weight excluding hydrogens is 260 g/mol. The molecule has 1 rings (SSSR count). The van der Waals surface area contributed by atoms with E-state index in [2.05, 4.69) is 10.6 Å². The van der Waals surface area contributed by atoms with Crippen LogP contribution < -0.4 is 15.4 Å². The van der Waals surface area contributed by atoms with Gasteiger partial charge in [0.15, 0.2) is 0 Å². The van der Waals surface area contributed by atoms with Gasteiger partial charge in [0.25, 0.3) is 0 Å². The van der Waals surface area contributed by atoms with E-state index in [1.807, 2.05) is 0 Å². The lowest BCUT2D eigenvalue weighted by Crippen LogP contribution is -2.12. The van der Waals surface area contributed by atoms with Crippen LogP contribution in [0.3, 0.4) is 0 Å². The molecule has 0 spiro atoms. The van der Waals surface area contributed by atoms with Crippen molar-refractivity contribution in [3.05, 3.63) is 18.2 Å². The molecule has 0 aliphatic carbocycles. The number of rotatable bonds is 7. The summed E-state index contributed by atoms with van der Waals surface area (Å²) in [4.78, 5) is 22.3. The predicted molar refractivity (Wildman–Crippen MR) is 77.0 cm³/mol. The summed E-state index contributed by atoms with van der Waals surface area (Å²) in [5.41, 5.74) is 1.37. The molecule has 1 amide bonds. The molecule has 2 N–H and O–H groups in total. The molecule has 20 heavy (non-hydrogen) atoms. The van der Waals surface area contributed by atoms with E-state index in [-0.39, 0.29) is 18.3 Å². The van der Waals surface area contributed by atoms with Crippen molar-refractivity contribution in [2.45, 2.75) is 20.3 Å². The van der Waals surface area contributed by atoms with Gasteiger partial charge in [-0.3, -0.25) is 9.59 Å². The van der Waals surface area contributed by atoms with Crippen LogP contribution in [0.1, 0.15) is 20.3 Å². The summed E-state index contributed by atoms with van der Waals surface area (Å²) in [5.74, 6) is 0.243. The molecular formula is C14H20N2O4. The normalized spacial score (nSPS) is 9.75. The lowest BCUT2D eigenvalue weighted by atomic mass is 10.2. The molecule has 1 aromatic carbocycles. The van der Waals surface area contributed by atoms with Crippen LogP contribution in [0.25, 0.3) is 0 Å². The number of nitrogens with one attached hydrogen (secondary N) is 2. The Hall–Kier alpha value is -2.24. The van der Waals surface area contributed by atoms with Gasteiger partial charge < -0.3 is 20.1 Å². The monoisotopic (exact) mass is 280 g/mol. The zero-order valence-corrected chi connectivity index (χ0v) is 12.0. The van der Waals surface area contributed by atoms with E-state index in [0.717, 1.165) is 0 Å². The van der Waals surface area contributed by atoms with E-state index in [9.17, 15) is 9.59 Å². The third-order valence-corrected chi connectivity index (χ3v) is 2.47. The average molecular weight is 280 g/mol. The number of carbonyl (C=O) groups is 2. The molecule has 0 bridgehead atoms. The first-order valence-electron chi connectivity index (χ1n) is 6.42. The molecule has 0 atom stereocenters. The Morgan fingerprint density at radius 2 is 2.05 bits per heavy atom. The molecule has 0 heterocycles. The summed E-state index contributed by atoms with van der Waals surface area (Å²) in [6.45, 7) is 4.02. The van der Waals surface area contributed by atoms with Gasteiger partial charge in [-0.15, -0.1) is 0 Å². The van der Waals surface area contributed by atoms with E-state index in [1.54, 1.807) is 32.2 Å². The highest BCUT2D eigenvalue weighted by Gasteiger charge is 2.07. The molecule has 0 fully saturated rings. The maximum Gasteiger partial charge on any atom is 0.307 e. The Morgan fingerprint density at radius 3 is 2.65 bits per heavy atom. The quantitative estimate of drug-likeness (QED) is 0.747. The lowest BCUT2D eigenvalue weighted by molar-refractivity contribution is -0.142. The number of hydrogen-bond donors (Lipinski definition) is 2. The summed E-state index contributed by atoms with van der Waals surface area (Å²) >= 11 is 0. The maximum atomic E-state index is 11.2. The van der Waals surface area contributed by atoms with Crippen molar-refractivity contribution in [1.29, 1.82) is 0 Å². The first-order chi connectivity index (χ1) is 9.56. The fourth-order valence-corrected chi connectivity index (χ4v) is 1.66. The first kappa shape index (κ1) is 15.8. The summed E-state index contributed by atoms with van der Waals surface area (Å²) < 4.78 is 10.1. The summed E-state index contributed by atoms with van der Waals surface area (Å²) in [6, 6.07) is 5.25. The number of benzene rings is 1. The molecule has 0 saturated carbocycles.